The smallest absolute Gasteiger partial charge is 0.0418 e. The van der Waals surface area contributed by atoms with E-state index in [2.05, 4.69) is 31.4 Å². The average Bonchev–Trinajstić information content (AvgIpc) is 2.67. The second kappa shape index (κ2) is 4.67. The van der Waals surface area contributed by atoms with E-state index in [9.17, 15) is 0 Å². The zero-order valence-electron chi connectivity index (χ0n) is 9.65. The molecule has 2 N–H and O–H groups in total. The standard InChI is InChI=1S/C13H21NS/c1-9-6-10(2)8-11(7-9)13(14)12-4-3-5-15-12/h3-5,9-11,13H,6-8,14H2,1-2H3. The quantitative estimate of drug-likeness (QED) is 0.810. The maximum absolute atomic E-state index is 6.35. The fraction of sp³-hybridized carbons (Fsp3) is 0.692. The highest BCUT2D eigenvalue weighted by molar-refractivity contribution is 7.10. The molecule has 0 bridgehead atoms. The molecule has 84 valence electrons. The second-order valence-corrected chi connectivity index (χ2v) is 6.20. The predicted molar refractivity (Wildman–Crippen MR) is 66.9 cm³/mol. The minimum absolute atomic E-state index is 0.273. The summed E-state index contributed by atoms with van der Waals surface area (Å²) >= 11 is 1.80. The van der Waals surface area contributed by atoms with Gasteiger partial charge in [0.05, 0.1) is 0 Å². The van der Waals surface area contributed by atoms with Crippen molar-refractivity contribution in [2.24, 2.45) is 23.5 Å². The Labute approximate surface area is 96.7 Å². The molecule has 0 spiro atoms. The Morgan fingerprint density at radius 1 is 1.27 bits per heavy atom. The zero-order chi connectivity index (χ0) is 10.8. The SMILES string of the molecule is CC1CC(C)CC(C(N)c2cccs2)C1. The highest BCUT2D eigenvalue weighted by Crippen LogP contribution is 2.39. The molecule has 1 heterocycles. The molecule has 1 aliphatic carbocycles. The molecule has 3 unspecified atom stereocenters. The summed E-state index contributed by atoms with van der Waals surface area (Å²) in [6.07, 6.45) is 4.00. The number of thiophene rings is 1. The maximum atomic E-state index is 6.35. The maximum Gasteiger partial charge on any atom is 0.0418 e. The van der Waals surface area contributed by atoms with Crippen LogP contribution in [0.25, 0.3) is 0 Å². The highest BCUT2D eigenvalue weighted by Gasteiger charge is 2.29. The van der Waals surface area contributed by atoms with Crippen LogP contribution in [-0.2, 0) is 0 Å². The summed E-state index contributed by atoms with van der Waals surface area (Å²) in [6.45, 7) is 4.73. The van der Waals surface area contributed by atoms with E-state index in [0.717, 1.165) is 11.8 Å². The van der Waals surface area contributed by atoms with Gasteiger partial charge in [0, 0.05) is 10.9 Å². The molecule has 0 amide bonds. The number of rotatable bonds is 2. The molecule has 0 radical (unpaired) electrons. The fourth-order valence-electron chi connectivity index (χ4n) is 3.02. The van der Waals surface area contributed by atoms with Gasteiger partial charge >= 0.3 is 0 Å². The Balaban J connectivity index is 2.03. The Bertz CT molecular complexity index is 283. The van der Waals surface area contributed by atoms with E-state index in [4.69, 9.17) is 5.73 Å². The van der Waals surface area contributed by atoms with Crippen LogP contribution in [0.1, 0.15) is 44.0 Å². The molecule has 1 aromatic heterocycles. The summed E-state index contributed by atoms with van der Waals surface area (Å²) in [6, 6.07) is 4.56. The minimum atomic E-state index is 0.273. The van der Waals surface area contributed by atoms with Crippen molar-refractivity contribution in [3.63, 3.8) is 0 Å². The van der Waals surface area contributed by atoms with E-state index in [-0.39, 0.29) is 6.04 Å². The Hall–Kier alpha value is -0.340. The third-order valence-electron chi connectivity index (χ3n) is 3.59. The van der Waals surface area contributed by atoms with Crippen LogP contribution < -0.4 is 5.73 Å². The van der Waals surface area contributed by atoms with Crippen LogP contribution in [0.3, 0.4) is 0 Å². The minimum Gasteiger partial charge on any atom is -0.323 e. The Kier molecular flexibility index (Phi) is 3.47. The number of hydrogen-bond donors (Lipinski definition) is 1. The van der Waals surface area contributed by atoms with Crippen LogP contribution in [0.5, 0.6) is 0 Å². The lowest BCUT2D eigenvalue weighted by atomic mass is 9.74. The first-order chi connectivity index (χ1) is 7.16. The molecule has 1 fully saturated rings. The first-order valence-electron chi connectivity index (χ1n) is 5.95. The average molecular weight is 223 g/mol. The molecular formula is C13H21NS. The summed E-state index contributed by atoms with van der Waals surface area (Å²) in [7, 11) is 0. The molecule has 1 aromatic rings. The molecule has 1 saturated carbocycles. The van der Waals surface area contributed by atoms with Gasteiger partial charge in [-0.3, -0.25) is 0 Å². The van der Waals surface area contributed by atoms with Crippen molar-refractivity contribution in [3.05, 3.63) is 22.4 Å². The Morgan fingerprint density at radius 2 is 1.93 bits per heavy atom. The molecule has 1 nitrogen and oxygen atoms in total. The largest absolute Gasteiger partial charge is 0.323 e. The van der Waals surface area contributed by atoms with Crippen molar-refractivity contribution in [1.82, 2.24) is 0 Å². The molecule has 3 atom stereocenters. The predicted octanol–water partition coefficient (Wildman–Crippen LogP) is 3.82. The zero-order valence-corrected chi connectivity index (χ0v) is 10.5. The molecule has 15 heavy (non-hydrogen) atoms. The van der Waals surface area contributed by atoms with Crippen LogP contribution in [0.4, 0.5) is 0 Å². The summed E-state index contributed by atoms with van der Waals surface area (Å²) in [4.78, 5) is 1.36. The van der Waals surface area contributed by atoms with E-state index in [1.165, 1.54) is 24.1 Å². The summed E-state index contributed by atoms with van der Waals surface area (Å²) in [5, 5.41) is 2.13. The molecule has 2 rings (SSSR count). The van der Waals surface area contributed by atoms with Crippen LogP contribution in [-0.4, -0.2) is 0 Å². The molecule has 0 aliphatic heterocycles. The van der Waals surface area contributed by atoms with E-state index in [0.29, 0.717) is 5.92 Å². The number of hydrogen-bond acceptors (Lipinski definition) is 2. The molecule has 0 aromatic carbocycles. The summed E-state index contributed by atoms with van der Waals surface area (Å²) in [5.41, 5.74) is 6.35. The third-order valence-corrected chi connectivity index (χ3v) is 4.57. The molecular weight excluding hydrogens is 202 g/mol. The van der Waals surface area contributed by atoms with E-state index < -0.39 is 0 Å². The second-order valence-electron chi connectivity index (χ2n) is 5.22. The van der Waals surface area contributed by atoms with Crippen LogP contribution >= 0.6 is 11.3 Å². The lowest BCUT2D eigenvalue weighted by Crippen LogP contribution is -2.28. The van der Waals surface area contributed by atoms with Gasteiger partial charge in [0.2, 0.25) is 0 Å². The lowest BCUT2D eigenvalue weighted by Gasteiger charge is -2.34. The van der Waals surface area contributed by atoms with Gasteiger partial charge in [-0.15, -0.1) is 11.3 Å². The summed E-state index contributed by atoms with van der Waals surface area (Å²) in [5.74, 6) is 2.40. The van der Waals surface area contributed by atoms with Gasteiger partial charge in [-0.1, -0.05) is 19.9 Å². The van der Waals surface area contributed by atoms with E-state index >= 15 is 0 Å². The van der Waals surface area contributed by atoms with E-state index in [1.807, 2.05) is 0 Å². The Morgan fingerprint density at radius 3 is 2.47 bits per heavy atom. The van der Waals surface area contributed by atoms with Gasteiger partial charge in [0.1, 0.15) is 0 Å². The first kappa shape index (κ1) is 11.2. The van der Waals surface area contributed by atoms with Gasteiger partial charge in [-0.05, 0) is 48.5 Å². The van der Waals surface area contributed by atoms with Crippen molar-refractivity contribution in [1.29, 1.82) is 0 Å². The van der Waals surface area contributed by atoms with Crippen molar-refractivity contribution in [2.45, 2.75) is 39.2 Å². The summed E-state index contributed by atoms with van der Waals surface area (Å²) < 4.78 is 0. The van der Waals surface area contributed by atoms with Gasteiger partial charge < -0.3 is 5.73 Å². The topological polar surface area (TPSA) is 26.0 Å². The van der Waals surface area contributed by atoms with Crippen molar-refractivity contribution < 1.29 is 0 Å². The van der Waals surface area contributed by atoms with Crippen LogP contribution in [0.2, 0.25) is 0 Å². The third kappa shape index (κ3) is 2.61. The van der Waals surface area contributed by atoms with Gasteiger partial charge in [0.15, 0.2) is 0 Å². The van der Waals surface area contributed by atoms with Crippen molar-refractivity contribution in [3.8, 4) is 0 Å². The van der Waals surface area contributed by atoms with Crippen LogP contribution in [0, 0.1) is 17.8 Å². The molecule has 1 aliphatic rings. The molecule has 0 saturated heterocycles. The van der Waals surface area contributed by atoms with Gasteiger partial charge in [-0.25, -0.2) is 0 Å². The first-order valence-corrected chi connectivity index (χ1v) is 6.83. The molecule has 2 heteroatoms. The van der Waals surface area contributed by atoms with Crippen molar-refractivity contribution >= 4 is 11.3 Å². The fourth-order valence-corrected chi connectivity index (χ4v) is 3.84. The normalized spacial score (nSPS) is 33.9. The van der Waals surface area contributed by atoms with Gasteiger partial charge in [-0.2, -0.15) is 0 Å². The number of nitrogens with two attached hydrogens (primary N) is 1. The van der Waals surface area contributed by atoms with Crippen molar-refractivity contribution in [2.75, 3.05) is 0 Å². The monoisotopic (exact) mass is 223 g/mol. The van der Waals surface area contributed by atoms with Crippen LogP contribution in [0.15, 0.2) is 17.5 Å². The van der Waals surface area contributed by atoms with Gasteiger partial charge in [0.25, 0.3) is 0 Å². The van der Waals surface area contributed by atoms with E-state index in [1.54, 1.807) is 11.3 Å². The highest BCUT2D eigenvalue weighted by atomic mass is 32.1. The lowest BCUT2D eigenvalue weighted by molar-refractivity contribution is 0.194.